The van der Waals surface area contributed by atoms with Crippen LogP contribution in [0.4, 0.5) is 13.2 Å². The molecule has 0 saturated carbocycles. The van der Waals surface area contributed by atoms with E-state index >= 15 is 0 Å². The molecule has 0 atom stereocenters. The number of imidazole rings is 1. The molecule has 0 radical (unpaired) electrons. The van der Waals surface area contributed by atoms with Crippen molar-refractivity contribution in [3.63, 3.8) is 0 Å². The van der Waals surface area contributed by atoms with Crippen LogP contribution < -0.4 is 4.74 Å². The van der Waals surface area contributed by atoms with E-state index in [1.54, 1.807) is 24.3 Å². The third-order valence-electron chi connectivity index (χ3n) is 4.36. The highest BCUT2D eigenvalue weighted by Gasteiger charge is 2.28. The van der Waals surface area contributed by atoms with Crippen molar-refractivity contribution in [1.82, 2.24) is 9.55 Å². The molecular weight excluding hydrogens is 504 g/mol. The quantitative estimate of drug-likeness (QED) is 0.242. The van der Waals surface area contributed by atoms with Crippen molar-refractivity contribution in [2.75, 3.05) is 6.61 Å². The fourth-order valence-corrected chi connectivity index (χ4v) is 4.24. The summed E-state index contributed by atoms with van der Waals surface area (Å²) in [6, 6.07) is 19.4. The Hall–Kier alpha value is -2.06. The molecule has 3 aromatic carbocycles. The monoisotopic (exact) mass is 518 g/mol. The van der Waals surface area contributed by atoms with Gasteiger partial charge in [0.2, 0.25) is 0 Å². The van der Waals surface area contributed by atoms with Gasteiger partial charge in [0.15, 0.2) is 11.8 Å². The van der Waals surface area contributed by atoms with Crippen LogP contribution >= 0.6 is 47.4 Å². The summed E-state index contributed by atoms with van der Waals surface area (Å²) in [5.74, 6) is 0.810. The summed E-state index contributed by atoms with van der Waals surface area (Å²) >= 11 is 13.6. The first kappa shape index (κ1) is 24.6. The number of nitrogens with zero attached hydrogens (tertiary/aromatic N) is 2. The zero-order chi connectivity index (χ0) is 22.0. The second kappa shape index (κ2) is 10.3. The van der Waals surface area contributed by atoms with E-state index in [9.17, 15) is 13.2 Å². The number of rotatable bonds is 6. The summed E-state index contributed by atoms with van der Waals surface area (Å²) in [7, 11) is 0. The molecular formula is C22H16Cl3F3N2OS. The highest BCUT2D eigenvalue weighted by atomic mass is 35.5. The van der Waals surface area contributed by atoms with Crippen LogP contribution in [0.2, 0.25) is 10.0 Å². The molecule has 0 aliphatic rings. The smallest absolute Gasteiger partial charge is 0.422 e. The zero-order valence-corrected chi connectivity index (χ0v) is 19.4. The number of fused-ring (bicyclic) bond motifs is 1. The maximum atomic E-state index is 12.4. The summed E-state index contributed by atoms with van der Waals surface area (Å²) in [5, 5.41) is 1.97. The molecule has 168 valence electrons. The lowest BCUT2D eigenvalue weighted by Crippen LogP contribution is -2.19. The summed E-state index contributed by atoms with van der Waals surface area (Å²) in [6.45, 7) is -1.33. The average molecular weight is 520 g/mol. The van der Waals surface area contributed by atoms with E-state index in [2.05, 4.69) is 0 Å². The first-order valence-corrected chi connectivity index (χ1v) is 10.9. The third kappa shape index (κ3) is 6.04. The lowest BCUT2D eigenvalue weighted by molar-refractivity contribution is -0.153. The molecule has 4 aromatic rings. The van der Waals surface area contributed by atoms with E-state index in [0.29, 0.717) is 15.8 Å². The Balaban J connectivity index is 0.00000289. The van der Waals surface area contributed by atoms with Gasteiger partial charge in [0.05, 0.1) is 11.0 Å². The van der Waals surface area contributed by atoms with Crippen molar-refractivity contribution in [2.24, 2.45) is 0 Å². The van der Waals surface area contributed by atoms with Gasteiger partial charge in [0.1, 0.15) is 5.75 Å². The Morgan fingerprint density at radius 2 is 1.56 bits per heavy atom. The van der Waals surface area contributed by atoms with E-state index < -0.39 is 12.8 Å². The predicted molar refractivity (Wildman–Crippen MR) is 126 cm³/mol. The van der Waals surface area contributed by atoms with Crippen molar-refractivity contribution in [2.45, 2.75) is 17.1 Å². The number of alkyl halides is 3. The van der Waals surface area contributed by atoms with Gasteiger partial charge in [-0.3, -0.25) is 4.57 Å². The summed E-state index contributed by atoms with van der Waals surface area (Å²) in [4.78, 5) is 4.71. The van der Waals surface area contributed by atoms with Crippen molar-refractivity contribution in [3.8, 4) is 11.4 Å². The molecule has 0 amide bonds. The van der Waals surface area contributed by atoms with Crippen LogP contribution in [-0.4, -0.2) is 22.3 Å². The largest absolute Gasteiger partial charge is 0.484 e. The molecule has 32 heavy (non-hydrogen) atoms. The van der Waals surface area contributed by atoms with E-state index in [4.69, 9.17) is 32.9 Å². The summed E-state index contributed by atoms with van der Waals surface area (Å²) in [6.07, 6.45) is -4.38. The highest BCUT2D eigenvalue weighted by Crippen LogP contribution is 2.32. The number of hydrogen-bond donors (Lipinski definition) is 0. The van der Waals surface area contributed by atoms with Crippen LogP contribution in [0.5, 0.6) is 5.75 Å². The van der Waals surface area contributed by atoms with Crippen molar-refractivity contribution in [3.05, 3.63) is 82.3 Å². The van der Waals surface area contributed by atoms with Crippen LogP contribution in [0, 0.1) is 0 Å². The van der Waals surface area contributed by atoms with E-state index in [1.807, 2.05) is 34.9 Å². The normalized spacial score (nSPS) is 11.4. The minimum Gasteiger partial charge on any atom is -0.484 e. The molecule has 0 unspecified atom stereocenters. The fourth-order valence-electron chi connectivity index (χ4n) is 2.96. The van der Waals surface area contributed by atoms with Gasteiger partial charge < -0.3 is 4.74 Å². The van der Waals surface area contributed by atoms with Crippen LogP contribution in [0.15, 0.2) is 71.9 Å². The molecule has 0 saturated heterocycles. The number of halogens is 6. The first-order chi connectivity index (χ1) is 14.8. The topological polar surface area (TPSA) is 27.1 Å². The number of ether oxygens (including phenoxy) is 1. The zero-order valence-electron chi connectivity index (χ0n) is 16.3. The summed E-state index contributed by atoms with van der Waals surface area (Å²) < 4.78 is 43.9. The minimum atomic E-state index is -4.38. The number of thioether (sulfide) groups is 1. The predicted octanol–water partition coefficient (Wildman–Crippen LogP) is 7.99. The van der Waals surface area contributed by atoms with Crippen LogP contribution in [0.1, 0.15) is 5.56 Å². The van der Waals surface area contributed by atoms with Crippen molar-refractivity contribution < 1.29 is 17.9 Å². The van der Waals surface area contributed by atoms with Crippen molar-refractivity contribution >= 4 is 58.4 Å². The average Bonchev–Trinajstić information content (AvgIpc) is 3.09. The molecule has 0 fully saturated rings. The molecule has 3 nitrogen and oxygen atoms in total. The molecule has 0 aliphatic heterocycles. The van der Waals surface area contributed by atoms with Gasteiger partial charge in [0.25, 0.3) is 0 Å². The standard InChI is InChI=1S/C22H15Cl2F3N2OS.ClH/c23-15-3-1-14(2-4-15)12-31-21-28-19-11-16(24)5-10-20(19)29(21)17-6-8-18(9-7-17)30-13-22(25,26)27;/h1-11H,12-13H2;1H. The van der Waals surface area contributed by atoms with Crippen LogP contribution in [0.3, 0.4) is 0 Å². The maximum Gasteiger partial charge on any atom is 0.422 e. The van der Waals surface area contributed by atoms with Gasteiger partial charge in [-0.2, -0.15) is 13.2 Å². The molecule has 10 heteroatoms. The molecule has 0 spiro atoms. The Morgan fingerprint density at radius 1 is 0.906 bits per heavy atom. The number of aromatic nitrogens is 2. The molecule has 0 N–H and O–H groups in total. The lowest BCUT2D eigenvalue weighted by atomic mass is 10.2. The molecule has 4 rings (SSSR count). The molecule has 1 aromatic heterocycles. The van der Waals surface area contributed by atoms with E-state index in [0.717, 1.165) is 27.4 Å². The SMILES string of the molecule is Cl.FC(F)(F)COc1ccc(-n2c(SCc3ccc(Cl)cc3)nc3cc(Cl)ccc32)cc1. The van der Waals surface area contributed by atoms with Gasteiger partial charge >= 0.3 is 6.18 Å². The number of hydrogen-bond acceptors (Lipinski definition) is 3. The highest BCUT2D eigenvalue weighted by molar-refractivity contribution is 7.98. The fraction of sp³-hybridized carbons (Fsp3) is 0.136. The Kier molecular flexibility index (Phi) is 7.88. The van der Waals surface area contributed by atoms with Gasteiger partial charge in [-0.15, -0.1) is 12.4 Å². The minimum absolute atomic E-state index is 0. The maximum absolute atomic E-state index is 12.4. The lowest BCUT2D eigenvalue weighted by Gasteiger charge is -2.12. The second-order valence-corrected chi connectivity index (χ2v) is 8.49. The Morgan fingerprint density at radius 3 is 2.22 bits per heavy atom. The van der Waals surface area contributed by atoms with Gasteiger partial charge in [-0.25, -0.2) is 4.98 Å². The van der Waals surface area contributed by atoms with Crippen LogP contribution in [0.25, 0.3) is 16.7 Å². The van der Waals surface area contributed by atoms with Gasteiger partial charge in [-0.1, -0.05) is 47.1 Å². The third-order valence-corrected chi connectivity index (χ3v) is 5.86. The van der Waals surface area contributed by atoms with Crippen LogP contribution in [-0.2, 0) is 5.75 Å². The first-order valence-electron chi connectivity index (χ1n) is 9.14. The van der Waals surface area contributed by atoms with Gasteiger partial charge in [0, 0.05) is 21.5 Å². The Labute approximate surface area is 202 Å². The van der Waals surface area contributed by atoms with E-state index in [1.165, 1.54) is 23.9 Å². The summed E-state index contributed by atoms with van der Waals surface area (Å²) in [5.41, 5.74) is 3.40. The van der Waals surface area contributed by atoms with E-state index in [-0.39, 0.29) is 18.2 Å². The second-order valence-electron chi connectivity index (χ2n) is 6.68. The van der Waals surface area contributed by atoms with Gasteiger partial charge in [-0.05, 0) is 60.2 Å². The van der Waals surface area contributed by atoms with Crippen molar-refractivity contribution in [1.29, 1.82) is 0 Å². The number of benzene rings is 3. The molecule has 0 bridgehead atoms. The molecule has 0 aliphatic carbocycles. The Bertz CT molecular complexity index is 1200. The molecule has 1 heterocycles.